The Kier molecular flexibility index (Phi) is 2.78. The van der Waals surface area contributed by atoms with Crippen LogP contribution in [0.3, 0.4) is 0 Å². The minimum Gasteiger partial charge on any atom is -0.507 e. The Hall–Kier alpha value is -2.36. The number of carbonyl (C=O) groups is 2. The van der Waals surface area contributed by atoms with Gasteiger partial charge in [0.15, 0.2) is 0 Å². The molecule has 0 saturated heterocycles. The zero-order chi connectivity index (χ0) is 12.4. The molecule has 0 bridgehead atoms. The fraction of sp³-hybridized carbons (Fsp3) is 0.0769. The van der Waals surface area contributed by atoms with Gasteiger partial charge in [-0.2, -0.15) is 0 Å². The molecule has 0 fully saturated rings. The molecule has 17 heavy (non-hydrogen) atoms. The van der Waals surface area contributed by atoms with Crippen LogP contribution < -0.4 is 0 Å². The minimum atomic E-state index is -0.406. The number of hydrogen-bond acceptors (Lipinski definition) is 3. The number of rotatable bonds is 3. The number of carbonyl (C=O) groups excluding carboxylic acids is 2. The Morgan fingerprint density at radius 3 is 2.65 bits per heavy atom. The molecule has 1 aromatic carbocycles. The van der Waals surface area contributed by atoms with Crippen LogP contribution in [0.15, 0.2) is 43.0 Å². The number of amides is 2. The third-order valence-corrected chi connectivity index (χ3v) is 2.52. The van der Waals surface area contributed by atoms with Gasteiger partial charge in [0, 0.05) is 18.2 Å². The van der Waals surface area contributed by atoms with Crippen LogP contribution >= 0.6 is 0 Å². The van der Waals surface area contributed by atoms with Gasteiger partial charge in [0.05, 0.1) is 5.57 Å². The van der Waals surface area contributed by atoms with Gasteiger partial charge in [0.1, 0.15) is 5.75 Å². The number of benzene rings is 1. The first-order valence-electron chi connectivity index (χ1n) is 5.12. The van der Waals surface area contributed by atoms with Gasteiger partial charge in [-0.3, -0.25) is 14.5 Å². The van der Waals surface area contributed by atoms with E-state index >= 15 is 0 Å². The molecule has 0 atom stereocenters. The summed E-state index contributed by atoms with van der Waals surface area (Å²) in [5, 5.41) is 9.65. The second-order valence-corrected chi connectivity index (χ2v) is 3.62. The van der Waals surface area contributed by atoms with Crippen molar-refractivity contribution in [1.29, 1.82) is 0 Å². The Morgan fingerprint density at radius 1 is 1.29 bits per heavy atom. The molecule has 1 aliphatic rings. The molecular formula is C13H11NO3. The molecule has 2 rings (SSSR count). The van der Waals surface area contributed by atoms with E-state index in [0.29, 0.717) is 5.56 Å². The first-order valence-corrected chi connectivity index (χ1v) is 5.12. The standard InChI is InChI=1S/C13H11NO3/c1-2-7-14-12(16)8-10(13(14)17)9-5-3-4-6-11(9)15/h2-6,8,15H,1,7H2. The molecular weight excluding hydrogens is 218 g/mol. The van der Waals surface area contributed by atoms with Gasteiger partial charge in [0.25, 0.3) is 11.8 Å². The van der Waals surface area contributed by atoms with Gasteiger partial charge < -0.3 is 5.11 Å². The predicted octanol–water partition coefficient (Wildman–Crippen LogP) is 1.33. The number of hydrogen-bond donors (Lipinski definition) is 1. The van der Waals surface area contributed by atoms with E-state index in [4.69, 9.17) is 0 Å². The van der Waals surface area contributed by atoms with E-state index < -0.39 is 5.91 Å². The van der Waals surface area contributed by atoms with Gasteiger partial charge in [-0.15, -0.1) is 6.58 Å². The maximum Gasteiger partial charge on any atom is 0.261 e. The SMILES string of the molecule is C=CCN1C(=O)C=C(c2ccccc2O)C1=O. The van der Waals surface area contributed by atoms with E-state index in [9.17, 15) is 14.7 Å². The van der Waals surface area contributed by atoms with Crippen molar-refractivity contribution in [3.05, 3.63) is 48.6 Å². The molecule has 0 saturated carbocycles. The minimum absolute atomic E-state index is 0.0136. The predicted molar refractivity (Wildman–Crippen MR) is 63.0 cm³/mol. The Bertz CT molecular complexity index is 531. The highest BCUT2D eigenvalue weighted by Crippen LogP contribution is 2.29. The van der Waals surface area contributed by atoms with E-state index in [1.807, 2.05) is 0 Å². The van der Waals surface area contributed by atoms with Gasteiger partial charge >= 0.3 is 0 Å². The third-order valence-electron chi connectivity index (χ3n) is 2.52. The first kappa shape index (κ1) is 11.1. The molecule has 0 aliphatic carbocycles. The van der Waals surface area contributed by atoms with Crippen molar-refractivity contribution in [3.8, 4) is 5.75 Å². The Labute approximate surface area is 98.5 Å². The maximum atomic E-state index is 11.9. The lowest BCUT2D eigenvalue weighted by Crippen LogP contribution is -2.30. The van der Waals surface area contributed by atoms with E-state index in [1.54, 1.807) is 18.2 Å². The Balaban J connectivity index is 2.39. The quantitative estimate of drug-likeness (QED) is 0.628. The molecule has 0 aromatic heterocycles. The van der Waals surface area contributed by atoms with Crippen LogP contribution in [-0.4, -0.2) is 28.4 Å². The summed E-state index contributed by atoms with van der Waals surface area (Å²) in [7, 11) is 0. The normalized spacial score (nSPS) is 15.1. The highest BCUT2D eigenvalue weighted by atomic mass is 16.3. The highest BCUT2D eigenvalue weighted by Gasteiger charge is 2.31. The van der Waals surface area contributed by atoms with Crippen LogP contribution in [0.25, 0.3) is 5.57 Å². The maximum absolute atomic E-state index is 11.9. The van der Waals surface area contributed by atoms with Gasteiger partial charge in [-0.25, -0.2) is 0 Å². The average molecular weight is 229 g/mol. The summed E-state index contributed by atoms with van der Waals surface area (Å²) in [6, 6.07) is 6.43. The van der Waals surface area contributed by atoms with Crippen molar-refractivity contribution in [2.75, 3.05) is 6.54 Å². The van der Waals surface area contributed by atoms with Crippen molar-refractivity contribution in [3.63, 3.8) is 0 Å². The summed E-state index contributed by atoms with van der Waals surface area (Å²) >= 11 is 0. The van der Waals surface area contributed by atoms with Crippen LogP contribution in [0.5, 0.6) is 5.75 Å². The van der Waals surface area contributed by atoms with Crippen molar-refractivity contribution in [1.82, 2.24) is 4.90 Å². The monoisotopic (exact) mass is 229 g/mol. The molecule has 0 radical (unpaired) electrons. The lowest BCUT2D eigenvalue weighted by Gasteiger charge is -2.12. The highest BCUT2D eigenvalue weighted by molar-refractivity contribution is 6.33. The topological polar surface area (TPSA) is 57.6 Å². The number of para-hydroxylation sites is 1. The summed E-state index contributed by atoms with van der Waals surface area (Å²) in [6.07, 6.45) is 2.72. The molecule has 2 amide bonds. The number of phenols is 1. The second kappa shape index (κ2) is 4.25. The van der Waals surface area contributed by atoms with Crippen LogP contribution in [0.4, 0.5) is 0 Å². The largest absolute Gasteiger partial charge is 0.507 e. The number of aromatic hydroxyl groups is 1. The molecule has 1 aliphatic heterocycles. The van der Waals surface area contributed by atoms with E-state index in [2.05, 4.69) is 6.58 Å². The first-order chi connectivity index (χ1) is 8.15. The summed E-state index contributed by atoms with van der Waals surface area (Å²) < 4.78 is 0. The molecule has 86 valence electrons. The summed E-state index contributed by atoms with van der Waals surface area (Å²) in [5.41, 5.74) is 0.590. The lowest BCUT2D eigenvalue weighted by atomic mass is 10.1. The summed E-state index contributed by atoms with van der Waals surface area (Å²) in [6.45, 7) is 3.66. The van der Waals surface area contributed by atoms with Crippen LogP contribution in [-0.2, 0) is 9.59 Å². The van der Waals surface area contributed by atoms with E-state index in [-0.39, 0.29) is 23.8 Å². The third kappa shape index (κ3) is 1.85. The van der Waals surface area contributed by atoms with Crippen molar-refractivity contribution >= 4 is 17.4 Å². The van der Waals surface area contributed by atoms with Crippen LogP contribution in [0.2, 0.25) is 0 Å². The average Bonchev–Trinajstić information content (AvgIpc) is 2.58. The number of nitrogens with zero attached hydrogens (tertiary/aromatic N) is 1. The molecule has 0 unspecified atom stereocenters. The van der Waals surface area contributed by atoms with Gasteiger partial charge in [-0.1, -0.05) is 24.3 Å². The molecule has 1 heterocycles. The molecule has 4 heteroatoms. The zero-order valence-electron chi connectivity index (χ0n) is 9.09. The van der Waals surface area contributed by atoms with Crippen LogP contribution in [0.1, 0.15) is 5.56 Å². The smallest absolute Gasteiger partial charge is 0.261 e. The lowest BCUT2D eigenvalue weighted by molar-refractivity contribution is -0.135. The molecule has 4 nitrogen and oxygen atoms in total. The van der Waals surface area contributed by atoms with E-state index in [1.165, 1.54) is 18.2 Å². The van der Waals surface area contributed by atoms with Crippen molar-refractivity contribution in [2.45, 2.75) is 0 Å². The number of phenolic OH excluding ortho intramolecular Hbond substituents is 1. The van der Waals surface area contributed by atoms with Crippen molar-refractivity contribution < 1.29 is 14.7 Å². The zero-order valence-corrected chi connectivity index (χ0v) is 9.09. The number of imide groups is 1. The summed E-state index contributed by atoms with van der Waals surface area (Å²) in [4.78, 5) is 24.6. The molecule has 0 spiro atoms. The fourth-order valence-corrected chi connectivity index (χ4v) is 1.70. The second-order valence-electron chi connectivity index (χ2n) is 3.62. The van der Waals surface area contributed by atoms with Gasteiger partial charge in [-0.05, 0) is 6.07 Å². The van der Waals surface area contributed by atoms with Crippen LogP contribution in [0, 0.1) is 0 Å². The van der Waals surface area contributed by atoms with Crippen molar-refractivity contribution in [2.24, 2.45) is 0 Å². The van der Waals surface area contributed by atoms with Gasteiger partial charge in [0.2, 0.25) is 0 Å². The van der Waals surface area contributed by atoms with E-state index in [0.717, 1.165) is 4.90 Å². The molecule has 1 N–H and O–H groups in total. The summed E-state index contributed by atoms with van der Waals surface area (Å²) in [5.74, 6) is -0.801. The Morgan fingerprint density at radius 2 is 2.00 bits per heavy atom. The fourth-order valence-electron chi connectivity index (χ4n) is 1.70. The molecule has 1 aromatic rings.